The molecular formula is C14H21FO3. The fourth-order valence-corrected chi connectivity index (χ4v) is 1.64. The van der Waals surface area contributed by atoms with Gasteiger partial charge in [0.25, 0.3) is 0 Å². The Morgan fingerprint density at radius 1 is 1.28 bits per heavy atom. The standard InChI is InChI=1S/C14H21FO3/c1-9(2)18-13-6-10(14(3,4)8-16)11(15)7-12(13)17-5/h6-7,9,16H,8H2,1-5H3. The summed E-state index contributed by atoms with van der Waals surface area (Å²) in [7, 11) is 1.47. The highest BCUT2D eigenvalue weighted by Crippen LogP contribution is 2.36. The van der Waals surface area contributed by atoms with Crippen LogP contribution in [0.5, 0.6) is 11.5 Å². The smallest absolute Gasteiger partial charge is 0.163 e. The van der Waals surface area contributed by atoms with Crippen LogP contribution in [0.1, 0.15) is 33.3 Å². The molecule has 0 fully saturated rings. The van der Waals surface area contributed by atoms with E-state index < -0.39 is 11.2 Å². The largest absolute Gasteiger partial charge is 0.493 e. The highest BCUT2D eigenvalue weighted by Gasteiger charge is 2.26. The minimum absolute atomic E-state index is 0.0329. The van der Waals surface area contributed by atoms with Crippen molar-refractivity contribution in [2.24, 2.45) is 0 Å². The number of aliphatic hydroxyl groups is 1. The second kappa shape index (κ2) is 5.57. The Kier molecular flexibility index (Phi) is 4.57. The van der Waals surface area contributed by atoms with Crippen LogP contribution < -0.4 is 9.47 Å². The zero-order valence-corrected chi connectivity index (χ0v) is 11.6. The van der Waals surface area contributed by atoms with E-state index in [0.717, 1.165) is 0 Å². The predicted molar refractivity (Wildman–Crippen MR) is 68.8 cm³/mol. The molecule has 1 aromatic carbocycles. The number of rotatable bonds is 5. The van der Waals surface area contributed by atoms with Gasteiger partial charge in [-0.05, 0) is 25.5 Å². The molecule has 0 radical (unpaired) electrons. The summed E-state index contributed by atoms with van der Waals surface area (Å²) in [4.78, 5) is 0. The summed E-state index contributed by atoms with van der Waals surface area (Å²) in [6, 6.07) is 2.90. The van der Waals surface area contributed by atoms with Gasteiger partial charge in [0.15, 0.2) is 11.5 Å². The third-order valence-corrected chi connectivity index (χ3v) is 2.74. The van der Waals surface area contributed by atoms with Gasteiger partial charge in [-0.1, -0.05) is 13.8 Å². The number of hydrogen-bond acceptors (Lipinski definition) is 3. The van der Waals surface area contributed by atoms with Crippen molar-refractivity contribution in [2.75, 3.05) is 13.7 Å². The molecule has 1 rings (SSSR count). The van der Waals surface area contributed by atoms with Gasteiger partial charge >= 0.3 is 0 Å². The molecule has 0 aliphatic carbocycles. The van der Waals surface area contributed by atoms with Crippen molar-refractivity contribution < 1.29 is 19.0 Å². The van der Waals surface area contributed by atoms with E-state index in [9.17, 15) is 9.50 Å². The molecule has 0 spiro atoms. The van der Waals surface area contributed by atoms with E-state index in [1.54, 1.807) is 19.9 Å². The van der Waals surface area contributed by atoms with Crippen molar-refractivity contribution in [3.63, 3.8) is 0 Å². The number of halogens is 1. The summed E-state index contributed by atoms with van der Waals surface area (Å²) >= 11 is 0. The quantitative estimate of drug-likeness (QED) is 0.880. The minimum atomic E-state index is -0.661. The number of aliphatic hydroxyl groups excluding tert-OH is 1. The number of ether oxygens (including phenoxy) is 2. The molecule has 0 aliphatic rings. The van der Waals surface area contributed by atoms with Crippen LogP contribution >= 0.6 is 0 Å². The molecule has 0 bridgehead atoms. The molecule has 0 atom stereocenters. The van der Waals surface area contributed by atoms with Crippen molar-refractivity contribution in [1.29, 1.82) is 0 Å². The molecule has 0 aliphatic heterocycles. The number of benzene rings is 1. The van der Waals surface area contributed by atoms with Gasteiger partial charge in [0.05, 0.1) is 19.8 Å². The Bertz CT molecular complexity index is 414. The van der Waals surface area contributed by atoms with Crippen molar-refractivity contribution in [3.05, 3.63) is 23.5 Å². The maximum atomic E-state index is 14.0. The lowest BCUT2D eigenvalue weighted by molar-refractivity contribution is 0.210. The second-order valence-corrected chi connectivity index (χ2v) is 5.19. The first kappa shape index (κ1) is 14.8. The van der Waals surface area contributed by atoms with Gasteiger partial charge in [-0.25, -0.2) is 4.39 Å². The van der Waals surface area contributed by atoms with Gasteiger partial charge in [-0.2, -0.15) is 0 Å². The maximum Gasteiger partial charge on any atom is 0.163 e. The van der Waals surface area contributed by atoms with Crippen LogP contribution in [0.2, 0.25) is 0 Å². The van der Waals surface area contributed by atoms with Gasteiger partial charge in [0.1, 0.15) is 5.82 Å². The average molecular weight is 256 g/mol. The van der Waals surface area contributed by atoms with Crippen LogP contribution in [0.3, 0.4) is 0 Å². The molecule has 102 valence electrons. The molecule has 0 heterocycles. The maximum absolute atomic E-state index is 14.0. The Labute approximate surface area is 108 Å². The lowest BCUT2D eigenvalue weighted by Gasteiger charge is -2.25. The van der Waals surface area contributed by atoms with Gasteiger partial charge in [-0.15, -0.1) is 0 Å². The normalized spacial score (nSPS) is 11.8. The van der Waals surface area contributed by atoms with E-state index in [0.29, 0.717) is 17.1 Å². The summed E-state index contributed by atoms with van der Waals surface area (Å²) in [5, 5.41) is 9.33. The number of methoxy groups -OCH3 is 1. The van der Waals surface area contributed by atoms with Crippen LogP contribution in [0.15, 0.2) is 12.1 Å². The lowest BCUT2D eigenvalue weighted by atomic mass is 9.85. The Morgan fingerprint density at radius 2 is 1.89 bits per heavy atom. The summed E-state index contributed by atoms with van der Waals surface area (Å²) in [6.45, 7) is 7.19. The summed E-state index contributed by atoms with van der Waals surface area (Å²) in [6.07, 6.45) is -0.0329. The molecular weight excluding hydrogens is 235 g/mol. The van der Waals surface area contributed by atoms with Gasteiger partial charge in [-0.3, -0.25) is 0 Å². The molecule has 3 nitrogen and oxygen atoms in total. The van der Waals surface area contributed by atoms with Gasteiger partial charge in [0, 0.05) is 11.5 Å². The topological polar surface area (TPSA) is 38.7 Å². The first-order chi connectivity index (χ1) is 8.31. The van der Waals surface area contributed by atoms with Gasteiger partial charge < -0.3 is 14.6 Å². The van der Waals surface area contributed by atoms with E-state index in [1.807, 2.05) is 13.8 Å². The van der Waals surface area contributed by atoms with E-state index in [-0.39, 0.29) is 12.7 Å². The first-order valence-corrected chi connectivity index (χ1v) is 5.97. The molecule has 1 aromatic rings. The van der Waals surface area contributed by atoms with Crippen molar-refractivity contribution in [2.45, 2.75) is 39.2 Å². The van der Waals surface area contributed by atoms with Crippen molar-refractivity contribution >= 4 is 0 Å². The summed E-state index contributed by atoms with van der Waals surface area (Å²) < 4.78 is 24.7. The molecule has 4 heteroatoms. The molecule has 0 aromatic heterocycles. The van der Waals surface area contributed by atoms with E-state index in [2.05, 4.69) is 0 Å². The SMILES string of the molecule is COc1cc(F)c(C(C)(C)CO)cc1OC(C)C. The number of hydrogen-bond donors (Lipinski definition) is 1. The van der Waals surface area contributed by atoms with Gasteiger partial charge in [0.2, 0.25) is 0 Å². The van der Waals surface area contributed by atoms with E-state index >= 15 is 0 Å². The minimum Gasteiger partial charge on any atom is -0.493 e. The highest BCUT2D eigenvalue weighted by atomic mass is 19.1. The van der Waals surface area contributed by atoms with Crippen molar-refractivity contribution in [1.82, 2.24) is 0 Å². The zero-order chi connectivity index (χ0) is 13.9. The van der Waals surface area contributed by atoms with Crippen LogP contribution in [0, 0.1) is 5.82 Å². The highest BCUT2D eigenvalue weighted by molar-refractivity contribution is 5.46. The lowest BCUT2D eigenvalue weighted by Crippen LogP contribution is -2.24. The second-order valence-electron chi connectivity index (χ2n) is 5.19. The van der Waals surface area contributed by atoms with E-state index in [1.165, 1.54) is 13.2 Å². The fraction of sp³-hybridized carbons (Fsp3) is 0.571. The average Bonchev–Trinajstić information content (AvgIpc) is 2.30. The van der Waals surface area contributed by atoms with Crippen LogP contribution in [-0.4, -0.2) is 24.9 Å². The molecule has 0 unspecified atom stereocenters. The first-order valence-electron chi connectivity index (χ1n) is 5.97. The summed E-state index contributed by atoms with van der Waals surface area (Å²) in [5.74, 6) is 0.450. The fourth-order valence-electron chi connectivity index (χ4n) is 1.64. The third kappa shape index (κ3) is 3.13. The van der Waals surface area contributed by atoms with Crippen LogP contribution in [-0.2, 0) is 5.41 Å². The molecule has 0 amide bonds. The van der Waals surface area contributed by atoms with E-state index in [4.69, 9.17) is 9.47 Å². The van der Waals surface area contributed by atoms with Crippen molar-refractivity contribution in [3.8, 4) is 11.5 Å². The Morgan fingerprint density at radius 3 is 2.33 bits per heavy atom. The Balaban J connectivity index is 3.29. The zero-order valence-electron chi connectivity index (χ0n) is 11.6. The molecule has 0 saturated heterocycles. The predicted octanol–water partition coefficient (Wildman–Crippen LogP) is 2.89. The van der Waals surface area contributed by atoms with Crippen LogP contribution in [0.25, 0.3) is 0 Å². The molecule has 18 heavy (non-hydrogen) atoms. The third-order valence-electron chi connectivity index (χ3n) is 2.74. The van der Waals surface area contributed by atoms with Crippen LogP contribution in [0.4, 0.5) is 4.39 Å². The molecule has 0 saturated carbocycles. The Hall–Kier alpha value is -1.29. The molecule has 1 N–H and O–H groups in total. The summed E-state index contributed by atoms with van der Waals surface area (Å²) in [5.41, 5.74) is -0.243. The monoisotopic (exact) mass is 256 g/mol.